The van der Waals surface area contributed by atoms with Crippen molar-refractivity contribution in [1.29, 1.82) is 0 Å². The molecular weight excluding hydrogens is 334 g/mol. The summed E-state index contributed by atoms with van der Waals surface area (Å²) in [6.07, 6.45) is 0.516. The SMILES string of the molecule is Cc1cccc(OCCS[C@H](C)C(=O)N[C@@H]2CCS(=O)(=O)C2)c1. The molecule has 0 radical (unpaired) electrons. The van der Waals surface area contributed by atoms with Gasteiger partial charge in [-0.2, -0.15) is 0 Å². The van der Waals surface area contributed by atoms with Crippen molar-refractivity contribution in [3.8, 4) is 5.75 Å². The fraction of sp³-hybridized carbons (Fsp3) is 0.562. The van der Waals surface area contributed by atoms with Gasteiger partial charge in [0.2, 0.25) is 5.91 Å². The minimum atomic E-state index is -2.96. The molecule has 1 aliphatic rings. The molecule has 7 heteroatoms. The van der Waals surface area contributed by atoms with E-state index in [0.717, 1.165) is 11.3 Å². The van der Waals surface area contributed by atoms with Gasteiger partial charge in [0.25, 0.3) is 0 Å². The molecule has 0 spiro atoms. The molecule has 1 aliphatic heterocycles. The van der Waals surface area contributed by atoms with E-state index >= 15 is 0 Å². The molecule has 1 aromatic rings. The van der Waals surface area contributed by atoms with Gasteiger partial charge < -0.3 is 10.1 Å². The van der Waals surface area contributed by atoms with Crippen LogP contribution in [0.2, 0.25) is 0 Å². The fourth-order valence-electron chi connectivity index (χ4n) is 2.39. The second-order valence-corrected chi connectivity index (χ2v) is 9.46. The Balaban J connectivity index is 1.66. The Bertz CT molecular complexity index is 645. The number of hydrogen-bond acceptors (Lipinski definition) is 5. The number of ether oxygens (including phenoxy) is 1. The standard InChI is InChI=1S/C16H23NO4S2/c1-12-4-3-5-15(10-12)21-7-8-22-13(2)16(18)17-14-6-9-23(19,20)11-14/h3-5,10,13-14H,6-9,11H2,1-2H3,(H,17,18)/t13-,14-/m1/s1. The van der Waals surface area contributed by atoms with Crippen LogP contribution in [0, 0.1) is 6.92 Å². The Morgan fingerprint density at radius 2 is 2.26 bits per heavy atom. The van der Waals surface area contributed by atoms with Crippen LogP contribution < -0.4 is 10.1 Å². The van der Waals surface area contributed by atoms with Crippen LogP contribution in [0.25, 0.3) is 0 Å². The number of amides is 1. The zero-order valence-corrected chi connectivity index (χ0v) is 15.1. The van der Waals surface area contributed by atoms with E-state index in [1.165, 1.54) is 11.8 Å². The molecule has 2 rings (SSSR count). The highest BCUT2D eigenvalue weighted by Gasteiger charge is 2.29. The Labute approximate surface area is 142 Å². The lowest BCUT2D eigenvalue weighted by Gasteiger charge is -2.15. The summed E-state index contributed by atoms with van der Waals surface area (Å²) in [5.41, 5.74) is 1.15. The molecule has 128 valence electrons. The molecular formula is C16H23NO4S2. The van der Waals surface area contributed by atoms with Gasteiger partial charge >= 0.3 is 0 Å². The van der Waals surface area contributed by atoms with Crippen LogP contribution >= 0.6 is 11.8 Å². The van der Waals surface area contributed by atoms with Crippen molar-refractivity contribution in [2.24, 2.45) is 0 Å². The summed E-state index contributed by atoms with van der Waals surface area (Å²) in [4.78, 5) is 12.1. The van der Waals surface area contributed by atoms with Gasteiger partial charge in [-0.1, -0.05) is 12.1 Å². The molecule has 1 saturated heterocycles. The molecule has 1 amide bonds. The van der Waals surface area contributed by atoms with Crippen LogP contribution in [0.15, 0.2) is 24.3 Å². The molecule has 1 aromatic carbocycles. The summed E-state index contributed by atoms with van der Waals surface area (Å²) in [5, 5.41) is 2.60. The van der Waals surface area contributed by atoms with E-state index in [1.54, 1.807) is 0 Å². The third-order valence-corrected chi connectivity index (χ3v) is 6.54. The number of carbonyl (C=O) groups excluding carboxylic acids is 1. The van der Waals surface area contributed by atoms with Crippen LogP contribution in [0.3, 0.4) is 0 Å². The minimum absolute atomic E-state index is 0.0621. The van der Waals surface area contributed by atoms with E-state index in [-0.39, 0.29) is 28.7 Å². The maximum Gasteiger partial charge on any atom is 0.233 e. The Morgan fingerprint density at radius 1 is 1.48 bits per heavy atom. The largest absolute Gasteiger partial charge is 0.493 e. The molecule has 0 aromatic heterocycles. The topological polar surface area (TPSA) is 72.5 Å². The maximum atomic E-state index is 12.1. The van der Waals surface area contributed by atoms with Gasteiger partial charge in [-0.05, 0) is 38.0 Å². The number of carbonyl (C=O) groups is 1. The molecule has 0 saturated carbocycles. The van der Waals surface area contributed by atoms with Crippen LogP contribution in [-0.2, 0) is 14.6 Å². The van der Waals surface area contributed by atoms with Gasteiger partial charge in [0.15, 0.2) is 9.84 Å². The first-order chi connectivity index (χ1) is 10.9. The first-order valence-electron chi connectivity index (χ1n) is 7.67. The molecule has 5 nitrogen and oxygen atoms in total. The van der Waals surface area contributed by atoms with Gasteiger partial charge in [0.1, 0.15) is 5.75 Å². The lowest BCUT2D eigenvalue weighted by Crippen LogP contribution is -2.40. The molecule has 0 bridgehead atoms. The number of rotatable bonds is 7. The lowest BCUT2D eigenvalue weighted by atomic mass is 10.2. The summed E-state index contributed by atoms with van der Waals surface area (Å²) in [5.74, 6) is 1.66. The zero-order chi connectivity index (χ0) is 16.9. The van der Waals surface area contributed by atoms with E-state index in [1.807, 2.05) is 38.1 Å². The molecule has 2 atom stereocenters. The number of thioether (sulfide) groups is 1. The summed E-state index contributed by atoms with van der Waals surface area (Å²) in [6, 6.07) is 7.61. The Hall–Kier alpha value is -1.21. The average molecular weight is 357 g/mol. The molecule has 23 heavy (non-hydrogen) atoms. The number of hydrogen-bond donors (Lipinski definition) is 1. The van der Waals surface area contributed by atoms with Crippen LogP contribution in [-0.4, -0.2) is 49.5 Å². The monoisotopic (exact) mass is 357 g/mol. The molecule has 1 N–H and O–H groups in total. The maximum absolute atomic E-state index is 12.1. The van der Waals surface area contributed by atoms with Crippen LogP contribution in [0.4, 0.5) is 0 Å². The van der Waals surface area contributed by atoms with Crippen LogP contribution in [0.1, 0.15) is 18.9 Å². The normalized spacial score (nSPS) is 20.9. The van der Waals surface area contributed by atoms with E-state index < -0.39 is 9.84 Å². The molecule has 1 heterocycles. The van der Waals surface area contributed by atoms with Crippen molar-refractivity contribution < 1.29 is 17.9 Å². The second-order valence-electron chi connectivity index (χ2n) is 5.79. The van der Waals surface area contributed by atoms with Crippen molar-refractivity contribution in [3.05, 3.63) is 29.8 Å². The van der Waals surface area contributed by atoms with Crippen molar-refractivity contribution in [2.45, 2.75) is 31.6 Å². The number of nitrogens with one attached hydrogen (secondary N) is 1. The fourth-order valence-corrected chi connectivity index (χ4v) is 4.82. The highest BCUT2D eigenvalue weighted by molar-refractivity contribution is 8.00. The zero-order valence-electron chi connectivity index (χ0n) is 13.4. The highest BCUT2D eigenvalue weighted by atomic mass is 32.2. The molecule has 0 aliphatic carbocycles. The van der Waals surface area contributed by atoms with Gasteiger partial charge in [0, 0.05) is 11.8 Å². The van der Waals surface area contributed by atoms with Gasteiger partial charge in [-0.15, -0.1) is 11.8 Å². The first-order valence-corrected chi connectivity index (χ1v) is 10.5. The van der Waals surface area contributed by atoms with E-state index in [0.29, 0.717) is 18.8 Å². The van der Waals surface area contributed by atoms with Gasteiger partial charge in [-0.3, -0.25) is 4.79 Å². The predicted molar refractivity (Wildman–Crippen MR) is 93.8 cm³/mol. The highest BCUT2D eigenvalue weighted by Crippen LogP contribution is 2.16. The first kappa shape index (κ1) is 18.1. The van der Waals surface area contributed by atoms with Gasteiger partial charge in [0.05, 0.1) is 23.4 Å². The van der Waals surface area contributed by atoms with E-state index in [2.05, 4.69) is 5.32 Å². The summed E-state index contributed by atoms with van der Waals surface area (Å²) < 4.78 is 28.4. The van der Waals surface area contributed by atoms with Crippen molar-refractivity contribution in [3.63, 3.8) is 0 Å². The van der Waals surface area contributed by atoms with E-state index in [4.69, 9.17) is 4.74 Å². The summed E-state index contributed by atoms with van der Waals surface area (Å²) in [6.45, 7) is 4.37. The quantitative estimate of drug-likeness (QED) is 0.754. The third-order valence-electron chi connectivity index (χ3n) is 3.66. The minimum Gasteiger partial charge on any atom is -0.493 e. The van der Waals surface area contributed by atoms with Crippen molar-refractivity contribution >= 4 is 27.5 Å². The number of sulfone groups is 1. The number of benzene rings is 1. The van der Waals surface area contributed by atoms with Crippen molar-refractivity contribution in [2.75, 3.05) is 23.9 Å². The third kappa shape index (κ3) is 6.06. The van der Waals surface area contributed by atoms with Crippen LogP contribution in [0.5, 0.6) is 5.75 Å². The van der Waals surface area contributed by atoms with Gasteiger partial charge in [-0.25, -0.2) is 8.42 Å². The second kappa shape index (κ2) is 8.06. The lowest BCUT2D eigenvalue weighted by molar-refractivity contribution is -0.120. The smallest absolute Gasteiger partial charge is 0.233 e. The summed E-state index contributed by atoms with van der Waals surface area (Å²) in [7, 11) is -2.96. The Morgan fingerprint density at radius 3 is 2.91 bits per heavy atom. The average Bonchev–Trinajstić information content (AvgIpc) is 2.82. The number of aryl methyl sites for hydroxylation is 1. The van der Waals surface area contributed by atoms with Crippen molar-refractivity contribution in [1.82, 2.24) is 5.32 Å². The molecule has 0 unspecified atom stereocenters. The van der Waals surface area contributed by atoms with E-state index in [9.17, 15) is 13.2 Å². The summed E-state index contributed by atoms with van der Waals surface area (Å²) >= 11 is 1.50. The molecule has 1 fully saturated rings. The Kier molecular flexibility index (Phi) is 6.35. The predicted octanol–water partition coefficient (Wildman–Crippen LogP) is 1.80.